The summed E-state index contributed by atoms with van der Waals surface area (Å²) in [5, 5.41) is 0.351. The van der Waals surface area contributed by atoms with E-state index in [0.29, 0.717) is 10.6 Å². The molecule has 1 heterocycles. The van der Waals surface area contributed by atoms with Crippen LogP contribution in [0.2, 0.25) is 5.02 Å². The second-order valence-electron chi connectivity index (χ2n) is 4.75. The number of thiophene rings is 1. The topological polar surface area (TPSA) is 17.1 Å². The van der Waals surface area contributed by atoms with Gasteiger partial charge in [0.05, 0.1) is 4.88 Å². The molecule has 1 aliphatic carbocycles. The Kier molecular flexibility index (Phi) is 3.42. The van der Waals surface area contributed by atoms with E-state index in [-0.39, 0.29) is 12.2 Å². The maximum absolute atomic E-state index is 13.7. The van der Waals surface area contributed by atoms with Crippen LogP contribution >= 0.6 is 22.9 Å². The van der Waals surface area contributed by atoms with Crippen LogP contribution in [0.25, 0.3) is 0 Å². The number of hydrogen-bond donors (Lipinski definition) is 0. The standard InChI is InChI=1S/C15H12ClFOS/c16-11-5-4-9(12(17)8-11)6-13(18)15-7-10-2-1-3-14(10)19-15/h4-5,7-8H,1-3,6H2. The van der Waals surface area contributed by atoms with E-state index >= 15 is 0 Å². The van der Waals surface area contributed by atoms with Crippen molar-refractivity contribution in [3.8, 4) is 0 Å². The van der Waals surface area contributed by atoms with Gasteiger partial charge in [-0.3, -0.25) is 4.79 Å². The van der Waals surface area contributed by atoms with Gasteiger partial charge in [0.25, 0.3) is 0 Å². The number of ketones is 1. The maximum Gasteiger partial charge on any atom is 0.177 e. The highest BCUT2D eigenvalue weighted by molar-refractivity contribution is 7.14. The van der Waals surface area contributed by atoms with Crippen molar-refractivity contribution in [3.63, 3.8) is 0 Å². The number of aryl methyl sites for hydroxylation is 2. The highest BCUT2D eigenvalue weighted by Gasteiger charge is 2.19. The zero-order valence-electron chi connectivity index (χ0n) is 10.2. The smallest absolute Gasteiger partial charge is 0.177 e. The number of benzene rings is 1. The molecule has 0 atom stereocenters. The lowest BCUT2D eigenvalue weighted by atomic mass is 10.1. The fraction of sp³-hybridized carbons (Fsp3) is 0.267. The summed E-state index contributed by atoms with van der Waals surface area (Å²) in [5.41, 5.74) is 1.70. The molecule has 0 aliphatic heterocycles. The first kappa shape index (κ1) is 12.8. The molecule has 1 aromatic carbocycles. The third-order valence-electron chi connectivity index (χ3n) is 3.39. The van der Waals surface area contributed by atoms with Crippen molar-refractivity contribution in [2.24, 2.45) is 0 Å². The molecule has 1 aromatic heterocycles. The van der Waals surface area contributed by atoms with Crippen LogP contribution in [0, 0.1) is 5.82 Å². The summed E-state index contributed by atoms with van der Waals surface area (Å²) >= 11 is 7.26. The number of hydrogen-bond acceptors (Lipinski definition) is 2. The quantitative estimate of drug-likeness (QED) is 0.764. The molecule has 19 heavy (non-hydrogen) atoms. The van der Waals surface area contributed by atoms with E-state index in [1.54, 1.807) is 23.5 Å². The lowest BCUT2D eigenvalue weighted by molar-refractivity contribution is 0.0995. The van der Waals surface area contributed by atoms with E-state index < -0.39 is 5.82 Å². The second kappa shape index (κ2) is 5.06. The summed E-state index contributed by atoms with van der Waals surface area (Å²) < 4.78 is 13.7. The predicted octanol–water partition coefficient (Wildman–Crippen LogP) is 4.45. The van der Waals surface area contributed by atoms with Crippen LogP contribution in [-0.2, 0) is 19.3 Å². The Hall–Kier alpha value is -1.19. The van der Waals surface area contributed by atoms with Crippen molar-refractivity contribution in [1.29, 1.82) is 0 Å². The Labute approximate surface area is 120 Å². The minimum Gasteiger partial charge on any atom is -0.293 e. The van der Waals surface area contributed by atoms with Gasteiger partial charge in [0, 0.05) is 16.3 Å². The number of carbonyl (C=O) groups excluding carboxylic acids is 1. The van der Waals surface area contributed by atoms with Crippen molar-refractivity contribution < 1.29 is 9.18 Å². The van der Waals surface area contributed by atoms with E-state index in [0.717, 1.165) is 17.7 Å². The monoisotopic (exact) mass is 294 g/mol. The van der Waals surface area contributed by atoms with E-state index in [2.05, 4.69) is 0 Å². The van der Waals surface area contributed by atoms with Gasteiger partial charge in [0.2, 0.25) is 0 Å². The Bertz CT molecular complexity index is 626. The first-order valence-corrected chi connectivity index (χ1v) is 7.41. The SMILES string of the molecule is O=C(Cc1ccc(Cl)cc1F)c1cc2c(s1)CCC2. The fourth-order valence-electron chi connectivity index (χ4n) is 2.39. The zero-order chi connectivity index (χ0) is 13.4. The van der Waals surface area contributed by atoms with Gasteiger partial charge in [0.1, 0.15) is 5.82 Å². The van der Waals surface area contributed by atoms with E-state index in [9.17, 15) is 9.18 Å². The minimum atomic E-state index is -0.412. The Morgan fingerprint density at radius 1 is 1.32 bits per heavy atom. The molecule has 0 spiro atoms. The molecule has 0 saturated heterocycles. The van der Waals surface area contributed by atoms with Gasteiger partial charge >= 0.3 is 0 Å². The van der Waals surface area contributed by atoms with E-state index in [1.807, 2.05) is 6.07 Å². The molecule has 0 amide bonds. The molecule has 0 bridgehead atoms. The third kappa shape index (κ3) is 2.58. The van der Waals surface area contributed by atoms with Crippen molar-refractivity contribution in [1.82, 2.24) is 0 Å². The van der Waals surface area contributed by atoms with Crippen LogP contribution in [-0.4, -0.2) is 5.78 Å². The molecule has 4 heteroatoms. The van der Waals surface area contributed by atoms with Crippen molar-refractivity contribution in [2.45, 2.75) is 25.7 Å². The summed E-state index contributed by atoms with van der Waals surface area (Å²) in [6.07, 6.45) is 3.42. The summed E-state index contributed by atoms with van der Waals surface area (Å²) in [6.45, 7) is 0. The maximum atomic E-state index is 13.7. The van der Waals surface area contributed by atoms with Crippen molar-refractivity contribution in [3.05, 3.63) is 56.0 Å². The molecular weight excluding hydrogens is 283 g/mol. The zero-order valence-corrected chi connectivity index (χ0v) is 11.8. The number of rotatable bonds is 3. The lowest BCUT2D eigenvalue weighted by Crippen LogP contribution is -2.03. The van der Waals surface area contributed by atoms with Crippen LogP contribution in [0.4, 0.5) is 4.39 Å². The van der Waals surface area contributed by atoms with Gasteiger partial charge < -0.3 is 0 Å². The molecule has 98 valence electrons. The third-order valence-corrected chi connectivity index (χ3v) is 4.90. The Morgan fingerprint density at radius 3 is 2.89 bits per heavy atom. The average Bonchev–Trinajstić information content (AvgIpc) is 2.93. The van der Waals surface area contributed by atoms with Gasteiger partial charge in [-0.15, -0.1) is 11.3 Å². The van der Waals surface area contributed by atoms with Crippen LogP contribution in [0.15, 0.2) is 24.3 Å². The number of halogens is 2. The number of carbonyl (C=O) groups is 1. The van der Waals surface area contributed by atoms with Crippen molar-refractivity contribution in [2.75, 3.05) is 0 Å². The largest absolute Gasteiger partial charge is 0.293 e. The van der Waals surface area contributed by atoms with E-state index in [4.69, 9.17) is 11.6 Å². The van der Waals surface area contributed by atoms with Crippen LogP contribution in [0.1, 0.15) is 32.1 Å². The van der Waals surface area contributed by atoms with Gasteiger partial charge in [0.15, 0.2) is 5.78 Å². The number of Topliss-reactive ketones (excluding diaryl/α,β-unsaturated/α-hetero) is 1. The highest BCUT2D eigenvalue weighted by atomic mass is 35.5. The molecule has 0 unspecified atom stereocenters. The normalized spacial score (nSPS) is 13.6. The highest BCUT2D eigenvalue weighted by Crippen LogP contribution is 2.31. The van der Waals surface area contributed by atoms with Gasteiger partial charge in [-0.2, -0.15) is 0 Å². The number of fused-ring (bicyclic) bond motifs is 1. The van der Waals surface area contributed by atoms with E-state index in [1.165, 1.54) is 22.9 Å². The van der Waals surface area contributed by atoms with Gasteiger partial charge in [-0.25, -0.2) is 4.39 Å². The molecule has 0 saturated carbocycles. The lowest BCUT2D eigenvalue weighted by Gasteiger charge is -2.02. The van der Waals surface area contributed by atoms with Crippen LogP contribution < -0.4 is 0 Å². The Morgan fingerprint density at radius 2 is 2.16 bits per heavy atom. The summed E-state index contributed by atoms with van der Waals surface area (Å²) in [6, 6.07) is 6.42. The summed E-state index contributed by atoms with van der Waals surface area (Å²) in [7, 11) is 0. The van der Waals surface area contributed by atoms with Crippen LogP contribution in [0.5, 0.6) is 0 Å². The molecule has 0 radical (unpaired) electrons. The minimum absolute atomic E-state index is 0.0133. The summed E-state index contributed by atoms with van der Waals surface area (Å²) in [5.74, 6) is -0.425. The predicted molar refractivity (Wildman–Crippen MR) is 75.8 cm³/mol. The molecule has 0 N–H and O–H groups in total. The summed E-state index contributed by atoms with van der Waals surface area (Å²) in [4.78, 5) is 14.2. The average molecular weight is 295 g/mol. The first-order chi connectivity index (χ1) is 9.13. The van der Waals surface area contributed by atoms with Crippen LogP contribution in [0.3, 0.4) is 0 Å². The molecule has 1 aliphatic rings. The van der Waals surface area contributed by atoms with Crippen molar-refractivity contribution >= 4 is 28.7 Å². The Balaban J connectivity index is 1.80. The molecule has 3 rings (SSSR count). The fourth-order valence-corrected chi connectivity index (χ4v) is 3.74. The molecule has 2 aromatic rings. The molecule has 0 fully saturated rings. The molecule has 1 nitrogen and oxygen atoms in total. The van der Waals surface area contributed by atoms with Gasteiger partial charge in [-0.05, 0) is 48.6 Å². The molecular formula is C15H12ClFOS. The van der Waals surface area contributed by atoms with Gasteiger partial charge in [-0.1, -0.05) is 17.7 Å². The second-order valence-corrected chi connectivity index (χ2v) is 6.32. The first-order valence-electron chi connectivity index (χ1n) is 6.22.